The summed E-state index contributed by atoms with van der Waals surface area (Å²) in [5, 5.41) is 4.50. The first-order valence-electron chi connectivity index (χ1n) is 8.62. The SMILES string of the molecule is CCOc1ccccc1-c1noc(CSc2ncc(-c3ccc(F)cc3)o2)n1. The molecule has 142 valence electrons. The molecule has 4 rings (SSSR count). The van der Waals surface area contributed by atoms with E-state index in [1.807, 2.05) is 31.2 Å². The predicted molar refractivity (Wildman–Crippen MR) is 102 cm³/mol. The zero-order valence-electron chi connectivity index (χ0n) is 15.0. The standard InChI is InChI=1S/C20H16FN3O3S/c1-2-25-16-6-4-3-5-15(16)19-23-18(27-24-19)12-28-20-22-11-17(26-20)13-7-9-14(21)10-8-13/h3-11H,2,12H2,1H3. The van der Waals surface area contributed by atoms with Crippen molar-refractivity contribution in [2.45, 2.75) is 17.9 Å². The quantitative estimate of drug-likeness (QED) is 0.396. The molecule has 0 atom stereocenters. The highest BCUT2D eigenvalue weighted by Gasteiger charge is 2.15. The lowest BCUT2D eigenvalue weighted by atomic mass is 10.2. The van der Waals surface area contributed by atoms with Crippen molar-refractivity contribution in [2.75, 3.05) is 6.61 Å². The summed E-state index contributed by atoms with van der Waals surface area (Å²) in [6.45, 7) is 2.48. The van der Waals surface area contributed by atoms with E-state index in [4.69, 9.17) is 13.7 Å². The molecule has 0 unspecified atom stereocenters. The summed E-state index contributed by atoms with van der Waals surface area (Å²) in [7, 11) is 0. The molecule has 2 aromatic heterocycles. The summed E-state index contributed by atoms with van der Waals surface area (Å²) in [4.78, 5) is 8.65. The smallest absolute Gasteiger partial charge is 0.256 e. The van der Waals surface area contributed by atoms with Gasteiger partial charge in [0.2, 0.25) is 11.7 Å². The summed E-state index contributed by atoms with van der Waals surface area (Å²) in [5.41, 5.74) is 1.53. The Morgan fingerprint density at radius 3 is 2.75 bits per heavy atom. The molecule has 0 aliphatic rings. The molecule has 0 saturated carbocycles. The number of thioether (sulfide) groups is 1. The minimum Gasteiger partial charge on any atom is -0.493 e. The number of oxazole rings is 1. The van der Waals surface area contributed by atoms with E-state index >= 15 is 0 Å². The summed E-state index contributed by atoms with van der Waals surface area (Å²) in [6, 6.07) is 13.6. The molecule has 0 aliphatic heterocycles. The minimum absolute atomic E-state index is 0.295. The number of benzene rings is 2. The number of halogens is 1. The second-order valence-corrected chi connectivity index (χ2v) is 6.65. The highest BCUT2D eigenvalue weighted by molar-refractivity contribution is 7.98. The van der Waals surface area contributed by atoms with Crippen LogP contribution in [0.1, 0.15) is 12.8 Å². The van der Waals surface area contributed by atoms with Crippen LogP contribution < -0.4 is 4.74 Å². The van der Waals surface area contributed by atoms with E-state index in [2.05, 4.69) is 15.1 Å². The van der Waals surface area contributed by atoms with E-state index in [1.165, 1.54) is 23.9 Å². The molecule has 0 aliphatic carbocycles. The van der Waals surface area contributed by atoms with Crippen molar-refractivity contribution in [3.05, 3.63) is 66.4 Å². The molecule has 0 radical (unpaired) electrons. The second-order valence-electron chi connectivity index (χ2n) is 5.73. The highest BCUT2D eigenvalue weighted by Crippen LogP contribution is 2.30. The van der Waals surface area contributed by atoms with E-state index < -0.39 is 0 Å². The molecule has 2 heterocycles. The Labute approximate surface area is 164 Å². The molecular formula is C20H16FN3O3S. The maximum Gasteiger partial charge on any atom is 0.256 e. The van der Waals surface area contributed by atoms with Crippen molar-refractivity contribution in [3.63, 3.8) is 0 Å². The van der Waals surface area contributed by atoms with Gasteiger partial charge < -0.3 is 13.7 Å². The first-order valence-corrected chi connectivity index (χ1v) is 9.61. The third-order valence-electron chi connectivity index (χ3n) is 3.83. The van der Waals surface area contributed by atoms with Crippen molar-refractivity contribution in [1.82, 2.24) is 15.1 Å². The molecule has 4 aromatic rings. The molecule has 28 heavy (non-hydrogen) atoms. The molecular weight excluding hydrogens is 381 g/mol. The number of aromatic nitrogens is 3. The van der Waals surface area contributed by atoms with Crippen LogP contribution in [0.4, 0.5) is 4.39 Å². The zero-order chi connectivity index (χ0) is 19.3. The van der Waals surface area contributed by atoms with Gasteiger partial charge in [0, 0.05) is 5.56 Å². The lowest BCUT2D eigenvalue weighted by Crippen LogP contribution is -1.94. The van der Waals surface area contributed by atoms with E-state index in [9.17, 15) is 4.39 Å². The Bertz CT molecular complexity index is 1060. The van der Waals surface area contributed by atoms with Gasteiger partial charge in [0.1, 0.15) is 11.6 Å². The van der Waals surface area contributed by atoms with Crippen LogP contribution in [0.5, 0.6) is 5.75 Å². The maximum absolute atomic E-state index is 13.0. The molecule has 0 bridgehead atoms. The van der Waals surface area contributed by atoms with Crippen molar-refractivity contribution >= 4 is 11.8 Å². The van der Waals surface area contributed by atoms with Gasteiger partial charge in [-0.1, -0.05) is 29.1 Å². The number of hydrogen-bond acceptors (Lipinski definition) is 7. The largest absolute Gasteiger partial charge is 0.493 e. The Morgan fingerprint density at radius 2 is 1.93 bits per heavy atom. The van der Waals surface area contributed by atoms with Gasteiger partial charge in [-0.2, -0.15) is 4.98 Å². The fourth-order valence-electron chi connectivity index (χ4n) is 2.55. The van der Waals surface area contributed by atoms with Crippen molar-refractivity contribution in [3.8, 4) is 28.5 Å². The topological polar surface area (TPSA) is 74.2 Å². The molecule has 0 fully saturated rings. The monoisotopic (exact) mass is 397 g/mol. The van der Waals surface area contributed by atoms with Crippen LogP contribution in [0.2, 0.25) is 0 Å². The van der Waals surface area contributed by atoms with Crippen LogP contribution in [0.25, 0.3) is 22.7 Å². The first kappa shape index (κ1) is 18.2. The Kier molecular flexibility index (Phi) is 5.38. The lowest BCUT2D eigenvalue weighted by Gasteiger charge is -2.05. The van der Waals surface area contributed by atoms with Crippen molar-refractivity contribution in [2.24, 2.45) is 0 Å². The van der Waals surface area contributed by atoms with Crippen LogP contribution in [0, 0.1) is 5.82 Å². The van der Waals surface area contributed by atoms with Crippen LogP contribution in [-0.2, 0) is 5.75 Å². The normalized spacial score (nSPS) is 10.9. The number of rotatable bonds is 7. The van der Waals surface area contributed by atoms with Gasteiger partial charge in [-0.15, -0.1) is 0 Å². The second kappa shape index (κ2) is 8.26. The molecule has 0 saturated heterocycles. The Morgan fingerprint density at radius 1 is 1.11 bits per heavy atom. The van der Waals surface area contributed by atoms with E-state index in [1.54, 1.807) is 18.3 Å². The minimum atomic E-state index is -0.295. The summed E-state index contributed by atoms with van der Waals surface area (Å²) < 4.78 is 29.7. The van der Waals surface area contributed by atoms with Crippen LogP contribution in [-0.4, -0.2) is 21.7 Å². The van der Waals surface area contributed by atoms with Gasteiger partial charge in [-0.3, -0.25) is 0 Å². The number of para-hydroxylation sites is 1. The van der Waals surface area contributed by atoms with Gasteiger partial charge in [-0.05, 0) is 43.3 Å². The summed E-state index contributed by atoms with van der Waals surface area (Å²) in [6.07, 6.45) is 1.60. The predicted octanol–water partition coefficient (Wildman–Crippen LogP) is 5.22. The third kappa shape index (κ3) is 4.07. The van der Waals surface area contributed by atoms with Gasteiger partial charge in [-0.25, -0.2) is 9.37 Å². The molecule has 0 spiro atoms. The number of ether oxygens (including phenoxy) is 1. The Balaban J connectivity index is 1.44. The number of nitrogens with zero attached hydrogens (tertiary/aromatic N) is 3. The van der Waals surface area contributed by atoms with E-state index in [0.29, 0.717) is 40.8 Å². The fraction of sp³-hybridized carbons (Fsp3) is 0.150. The molecule has 8 heteroatoms. The van der Waals surface area contributed by atoms with Crippen LogP contribution >= 0.6 is 11.8 Å². The molecule has 0 amide bonds. The van der Waals surface area contributed by atoms with Crippen LogP contribution in [0.3, 0.4) is 0 Å². The zero-order valence-corrected chi connectivity index (χ0v) is 15.8. The summed E-state index contributed by atoms with van der Waals surface area (Å²) in [5.74, 6) is 2.32. The van der Waals surface area contributed by atoms with Crippen molar-refractivity contribution in [1.29, 1.82) is 0 Å². The van der Waals surface area contributed by atoms with E-state index in [0.717, 1.165) is 11.1 Å². The average Bonchev–Trinajstić information content (AvgIpc) is 3.37. The van der Waals surface area contributed by atoms with Gasteiger partial charge in [0.15, 0.2) is 5.76 Å². The number of hydrogen-bond donors (Lipinski definition) is 0. The van der Waals surface area contributed by atoms with Gasteiger partial charge >= 0.3 is 0 Å². The first-order chi connectivity index (χ1) is 13.7. The lowest BCUT2D eigenvalue weighted by molar-refractivity contribution is 0.341. The fourth-order valence-corrected chi connectivity index (χ4v) is 3.19. The van der Waals surface area contributed by atoms with Crippen LogP contribution in [0.15, 0.2) is 68.9 Å². The summed E-state index contributed by atoms with van der Waals surface area (Å²) >= 11 is 1.34. The molecule has 2 aromatic carbocycles. The van der Waals surface area contributed by atoms with E-state index in [-0.39, 0.29) is 5.82 Å². The molecule has 0 N–H and O–H groups in total. The highest BCUT2D eigenvalue weighted by atomic mass is 32.2. The van der Waals surface area contributed by atoms with Gasteiger partial charge in [0.05, 0.1) is 24.1 Å². The third-order valence-corrected chi connectivity index (χ3v) is 4.66. The molecule has 6 nitrogen and oxygen atoms in total. The maximum atomic E-state index is 13.0. The van der Waals surface area contributed by atoms with Crippen molar-refractivity contribution < 1.29 is 18.1 Å². The Hall–Kier alpha value is -3.13. The van der Waals surface area contributed by atoms with Gasteiger partial charge in [0.25, 0.3) is 5.22 Å². The average molecular weight is 397 g/mol.